The van der Waals surface area contributed by atoms with Gasteiger partial charge in [-0.05, 0) is 35.9 Å². The number of hydrogen-bond acceptors (Lipinski definition) is 5. The van der Waals surface area contributed by atoms with E-state index in [2.05, 4.69) is 5.43 Å². The second kappa shape index (κ2) is 6.36. The molecular formula is C13H12FN3O2S. The lowest BCUT2D eigenvalue weighted by Crippen LogP contribution is -2.09. The summed E-state index contributed by atoms with van der Waals surface area (Å²) in [4.78, 5) is 11.2. The topological polar surface area (TPSA) is 81.2 Å². The molecule has 104 valence electrons. The number of nitro groups is 1. The standard InChI is InChI=1S/C13H12FN3O2S/c14-10-1-4-12(5-2-10)20-8-9-7-11(17(18)19)3-6-13(9)16-15/h1-7,16H,8,15H2. The monoisotopic (exact) mass is 293 g/mol. The van der Waals surface area contributed by atoms with Crippen LogP contribution in [0.25, 0.3) is 0 Å². The third kappa shape index (κ3) is 3.46. The fourth-order valence-electron chi connectivity index (χ4n) is 1.65. The van der Waals surface area contributed by atoms with E-state index in [1.807, 2.05) is 0 Å². The highest BCUT2D eigenvalue weighted by atomic mass is 32.2. The van der Waals surface area contributed by atoms with Crippen LogP contribution in [0.2, 0.25) is 0 Å². The first-order valence-electron chi connectivity index (χ1n) is 5.72. The summed E-state index contributed by atoms with van der Waals surface area (Å²) < 4.78 is 12.8. The van der Waals surface area contributed by atoms with Crippen molar-refractivity contribution in [1.82, 2.24) is 0 Å². The molecule has 0 unspecified atom stereocenters. The third-order valence-electron chi connectivity index (χ3n) is 2.66. The van der Waals surface area contributed by atoms with Crippen LogP contribution in [0.15, 0.2) is 47.4 Å². The average molecular weight is 293 g/mol. The van der Waals surface area contributed by atoms with Crippen LogP contribution in [0.4, 0.5) is 15.8 Å². The molecule has 2 aromatic rings. The Bertz CT molecular complexity index is 620. The lowest BCUT2D eigenvalue weighted by molar-refractivity contribution is -0.384. The summed E-state index contributed by atoms with van der Waals surface area (Å²) in [5.74, 6) is 5.58. The molecule has 3 N–H and O–H groups in total. The Morgan fingerprint density at radius 2 is 1.95 bits per heavy atom. The second-order valence-electron chi connectivity index (χ2n) is 3.99. The number of non-ortho nitro benzene ring substituents is 1. The van der Waals surface area contributed by atoms with Crippen molar-refractivity contribution < 1.29 is 9.31 Å². The van der Waals surface area contributed by atoms with Gasteiger partial charge in [-0.1, -0.05) is 0 Å². The molecule has 2 aromatic carbocycles. The lowest BCUT2D eigenvalue weighted by atomic mass is 10.2. The number of anilines is 1. The number of halogens is 1. The number of nitrogens with zero attached hydrogens (tertiary/aromatic N) is 1. The van der Waals surface area contributed by atoms with E-state index < -0.39 is 4.92 Å². The molecule has 0 aromatic heterocycles. The molecule has 0 spiro atoms. The Kier molecular flexibility index (Phi) is 4.54. The maximum absolute atomic E-state index is 12.8. The van der Waals surface area contributed by atoms with E-state index in [4.69, 9.17) is 5.84 Å². The predicted molar refractivity (Wildman–Crippen MR) is 76.9 cm³/mol. The highest BCUT2D eigenvalue weighted by molar-refractivity contribution is 7.98. The number of benzene rings is 2. The Morgan fingerprint density at radius 1 is 1.25 bits per heavy atom. The summed E-state index contributed by atoms with van der Waals surface area (Å²) in [6.07, 6.45) is 0. The smallest absolute Gasteiger partial charge is 0.269 e. The zero-order chi connectivity index (χ0) is 14.5. The van der Waals surface area contributed by atoms with Gasteiger partial charge in [-0.3, -0.25) is 16.0 Å². The van der Waals surface area contributed by atoms with E-state index >= 15 is 0 Å². The van der Waals surface area contributed by atoms with Crippen molar-refractivity contribution in [3.05, 3.63) is 64.0 Å². The maximum Gasteiger partial charge on any atom is 0.269 e. The van der Waals surface area contributed by atoms with E-state index in [1.165, 1.54) is 36.0 Å². The van der Waals surface area contributed by atoms with Gasteiger partial charge in [0, 0.05) is 22.8 Å². The van der Waals surface area contributed by atoms with Crippen LogP contribution < -0.4 is 11.3 Å². The number of nitrogen functional groups attached to an aromatic ring is 1. The van der Waals surface area contributed by atoms with Crippen LogP contribution in [0.1, 0.15) is 5.56 Å². The molecule has 0 bridgehead atoms. The van der Waals surface area contributed by atoms with Gasteiger partial charge in [-0.25, -0.2) is 4.39 Å². The summed E-state index contributed by atoms with van der Waals surface area (Å²) in [5.41, 5.74) is 3.87. The number of nitrogens with two attached hydrogens (primary N) is 1. The molecule has 0 aliphatic heterocycles. The molecular weight excluding hydrogens is 281 g/mol. The number of hydrogen-bond donors (Lipinski definition) is 2. The number of nitrogens with one attached hydrogen (secondary N) is 1. The number of nitro benzene ring substituents is 1. The molecule has 0 fully saturated rings. The summed E-state index contributed by atoms with van der Waals surface area (Å²) in [6.45, 7) is 0. The molecule has 0 radical (unpaired) electrons. The van der Waals surface area contributed by atoms with E-state index in [1.54, 1.807) is 18.2 Å². The fourth-order valence-corrected chi connectivity index (χ4v) is 2.54. The molecule has 0 amide bonds. The number of rotatable bonds is 5. The minimum atomic E-state index is -0.452. The normalized spacial score (nSPS) is 10.3. The van der Waals surface area contributed by atoms with Crippen LogP contribution in [-0.4, -0.2) is 4.92 Å². The van der Waals surface area contributed by atoms with Gasteiger partial charge in [-0.2, -0.15) is 0 Å². The van der Waals surface area contributed by atoms with Crippen molar-refractivity contribution >= 4 is 23.1 Å². The largest absolute Gasteiger partial charge is 0.324 e. The first-order valence-corrected chi connectivity index (χ1v) is 6.71. The molecule has 0 saturated heterocycles. The van der Waals surface area contributed by atoms with Crippen molar-refractivity contribution in [2.75, 3.05) is 5.43 Å². The molecule has 5 nitrogen and oxygen atoms in total. The van der Waals surface area contributed by atoms with Gasteiger partial charge in [0.25, 0.3) is 5.69 Å². The van der Waals surface area contributed by atoms with Gasteiger partial charge in [-0.15, -0.1) is 11.8 Å². The Morgan fingerprint density at radius 3 is 2.55 bits per heavy atom. The molecule has 0 aliphatic rings. The fraction of sp³-hybridized carbons (Fsp3) is 0.0769. The Labute approximate surface area is 119 Å². The Hall–Kier alpha value is -2.12. The molecule has 0 atom stereocenters. The molecule has 2 rings (SSSR count). The van der Waals surface area contributed by atoms with Crippen molar-refractivity contribution in [2.24, 2.45) is 5.84 Å². The van der Waals surface area contributed by atoms with E-state index in [0.29, 0.717) is 11.4 Å². The summed E-state index contributed by atoms with van der Waals surface area (Å²) in [6, 6.07) is 10.5. The number of hydrazine groups is 1. The van der Waals surface area contributed by atoms with Crippen molar-refractivity contribution in [1.29, 1.82) is 0 Å². The van der Waals surface area contributed by atoms with Crippen LogP contribution in [0, 0.1) is 15.9 Å². The summed E-state index contributed by atoms with van der Waals surface area (Å²) in [7, 11) is 0. The first kappa shape index (κ1) is 14.3. The number of thioether (sulfide) groups is 1. The van der Waals surface area contributed by atoms with Gasteiger partial charge in [0.05, 0.1) is 10.6 Å². The van der Waals surface area contributed by atoms with Crippen LogP contribution in [0.5, 0.6) is 0 Å². The predicted octanol–water partition coefficient (Wildman–Crippen LogP) is 3.31. The molecule has 0 heterocycles. The highest BCUT2D eigenvalue weighted by Crippen LogP contribution is 2.29. The van der Waals surface area contributed by atoms with E-state index in [-0.39, 0.29) is 11.5 Å². The molecule has 7 heteroatoms. The van der Waals surface area contributed by atoms with E-state index in [0.717, 1.165) is 10.5 Å². The second-order valence-corrected chi connectivity index (χ2v) is 5.03. The third-order valence-corrected chi connectivity index (χ3v) is 3.72. The van der Waals surface area contributed by atoms with Gasteiger partial charge >= 0.3 is 0 Å². The van der Waals surface area contributed by atoms with Gasteiger partial charge in [0.1, 0.15) is 5.82 Å². The zero-order valence-electron chi connectivity index (χ0n) is 10.4. The minimum Gasteiger partial charge on any atom is -0.324 e. The summed E-state index contributed by atoms with van der Waals surface area (Å²) in [5, 5.41) is 10.8. The minimum absolute atomic E-state index is 0.0127. The quantitative estimate of drug-likeness (QED) is 0.382. The Balaban J connectivity index is 2.16. The lowest BCUT2D eigenvalue weighted by Gasteiger charge is -2.08. The molecule has 0 saturated carbocycles. The zero-order valence-corrected chi connectivity index (χ0v) is 11.2. The average Bonchev–Trinajstić information content (AvgIpc) is 2.46. The first-order chi connectivity index (χ1) is 9.60. The van der Waals surface area contributed by atoms with E-state index in [9.17, 15) is 14.5 Å². The van der Waals surface area contributed by atoms with Gasteiger partial charge < -0.3 is 5.43 Å². The maximum atomic E-state index is 12.8. The van der Waals surface area contributed by atoms with Crippen molar-refractivity contribution in [3.8, 4) is 0 Å². The van der Waals surface area contributed by atoms with Crippen molar-refractivity contribution in [2.45, 2.75) is 10.6 Å². The summed E-state index contributed by atoms with van der Waals surface area (Å²) >= 11 is 1.45. The highest BCUT2D eigenvalue weighted by Gasteiger charge is 2.10. The SMILES string of the molecule is NNc1ccc([N+](=O)[O-])cc1CSc1ccc(F)cc1. The van der Waals surface area contributed by atoms with Gasteiger partial charge in [0.2, 0.25) is 0 Å². The molecule has 0 aliphatic carbocycles. The van der Waals surface area contributed by atoms with Gasteiger partial charge in [0.15, 0.2) is 0 Å². The van der Waals surface area contributed by atoms with Crippen LogP contribution in [0.3, 0.4) is 0 Å². The molecule has 20 heavy (non-hydrogen) atoms. The van der Waals surface area contributed by atoms with Crippen LogP contribution in [-0.2, 0) is 5.75 Å². The van der Waals surface area contributed by atoms with Crippen LogP contribution >= 0.6 is 11.8 Å². The van der Waals surface area contributed by atoms with Crippen molar-refractivity contribution in [3.63, 3.8) is 0 Å².